The van der Waals surface area contributed by atoms with Crippen molar-refractivity contribution < 1.29 is 28.7 Å². The summed E-state index contributed by atoms with van der Waals surface area (Å²) in [6.07, 6.45) is 2.08. The monoisotopic (exact) mass is 410 g/mol. The lowest BCUT2D eigenvalue weighted by molar-refractivity contribution is -0.178. The summed E-state index contributed by atoms with van der Waals surface area (Å²) in [5.41, 5.74) is -1.05. The van der Waals surface area contributed by atoms with Gasteiger partial charge in [0.05, 0.1) is 12.0 Å². The molecule has 0 fully saturated rings. The van der Waals surface area contributed by atoms with Crippen molar-refractivity contribution in [2.24, 2.45) is 17.3 Å². The number of rotatable bonds is 3. The Hall–Kier alpha value is -2.38. The highest BCUT2D eigenvalue weighted by molar-refractivity contribution is 5.91. The molecule has 0 radical (unpaired) electrons. The Labute approximate surface area is 172 Å². The van der Waals surface area contributed by atoms with Crippen molar-refractivity contribution >= 4 is 23.8 Å². The van der Waals surface area contributed by atoms with Gasteiger partial charge in [0.2, 0.25) is 11.8 Å². The molecule has 0 saturated carbocycles. The van der Waals surface area contributed by atoms with Crippen LogP contribution in [-0.4, -0.2) is 49.1 Å². The minimum absolute atomic E-state index is 0.00293. The van der Waals surface area contributed by atoms with Crippen LogP contribution >= 0.6 is 0 Å². The van der Waals surface area contributed by atoms with Crippen LogP contribution in [0.15, 0.2) is 12.2 Å². The molecule has 8 nitrogen and oxygen atoms in total. The summed E-state index contributed by atoms with van der Waals surface area (Å²) in [6.45, 7) is 10.7. The summed E-state index contributed by atoms with van der Waals surface area (Å²) in [5, 5.41) is 5.07. The lowest BCUT2D eigenvalue weighted by Crippen LogP contribution is -2.45. The van der Waals surface area contributed by atoms with E-state index in [1.165, 1.54) is 6.08 Å². The van der Waals surface area contributed by atoms with Gasteiger partial charge in [-0.2, -0.15) is 0 Å². The molecule has 8 heteroatoms. The van der Waals surface area contributed by atoms with Gasteiger partial charge >= 0.3 is 11.9 Å². The number of amides is 2. The van der Waals surface area contributed by atoms with Gasteiger partial charge in [0.1, 0.15) is 6.10 Å². The number of esters is 2. The van der Waals surface area contributed by atoms with Crippen LogP contribution in [0.5, 0.6) is 0 Å². The van der Waals surface area contributed by atoms with Gasteiger partial charge in [-0.1, -0.05) is 33.8 Å². The molecule has 2 N–H and O–H groups in total. The predicted molar refractivity (Wildman–Crippen MR) is 108 cm³/mol. The number of nitrogens with one attached hydrogen (secondary N) is 2. The average Bonchev–Trinajstić information content (AvgIpc) is 2.61. The second-order valence-electron chi connectivity index (χ2n) is 8.76. The lowest BCUT2D eigenvalue weighted by atomic mass is 9.93. The topological polar surface area (TPSA) is 111 Å². The Morgan fingerprint density at radius 1 is 1.07 bits per heavy atom. The Morgan fingerprint density at radius 3 is 2.31 bits per heavy atom. The minimum Gasteiger partial charge on any atom is -0.459 e. The van der Waals surface area contributed by atoms with Gasteiger partial charge in [0, 0.05) is 13.0 Å². The maximum atomic E-state index is 12.8. The van der Waals surface area contributed by atoms with Gasteiger partial charge in [-0.3, -0.25) is 14.4 Å². The summed E-state index contributed by atoms with van der Waals surface area (Å²) in [6, 6.07) is 0. The Balaban J connectivity index is 3.13. The van der Waals surface area contributed by atoms with Crippen molar-refractivity contribution in [2.45, 2.75) is 66.6 Å². The zero-order chi connectivity index (χ0) is 22.2. The second kappa shape index (κ2) is 11.0. The molecule has 2 amide bonds. The quantitative estimate of drug-likeness (QED) is 0.686. The molecule has 0 aromatic carbocycles. The van der Waals surface area contributed by atoms with Gasteiger partial charge in [0.15, 0.2) is 6.10 Å². The number of hydrogen-bond acceptors (Lipinski definition) is 6. The fourth-order valence-electron chi connectivity index (χ4n) is 2.58. The second-order valence-corrected chi connectivity index (χ2v) is 8.76. The van der Waals surface area contributed by atoms with E-state index in [0.29, 0.717) is 12.8 Å². The van der Waals surface area contributed by atoms with Gasteiger partial charge < -0.3 is 20.1 Å². The molecule has 2 unspecified atom stereocenters. The van der Waals surface area contributed by atoms with Crippen molar-refractivity contribution in [3.05, 3.63) is 12.2 Å². The molecule has 29 heavy (non-hydrogen) atoms. The van der Waals surface area contributed by atoms with E-state index in [1.807, 2.05) is 27.7 Å². The molecule has 0 bridgehead atoms. The minimum atomic E-state index is -1.05. The molecular formula is C21H34N2O6. The van der Waals surface area contributed by atoms with Gasteiger partial charge in [-0.05, 0) is 38.2 Å². The van der Waals surface area contributed by atoms with E-state index in [2.05, 4.69) is 10.6 Å². The van der Waals surface area contributed by atoms with E-state index in [1.54, 1.807) is 19.9 Å². The average molecular weight is 411 g/mol. The molecule has 0 spiro atoms. The standard InChI is InChI=1S/C21H34N2O6/c1-13(2)10-16-19(26)28-15(14(3)4)8-7-9-17(24)22-11-18(25)23-12-21(5,6)20(27)29-16/h7,9,13-16H,8,10-12H2,1-6H3,(H,22,24)(H,23,25)/b9-7+. The van der Waals surface area contributed by atoms with E-state index in [0.717, 1.165) is 0 Å². The van der Waals surface area contributed by atoms with Crippen LogP contribution in [0, 0.1) is 17.3 Å². The summed E-state index contributed by atoms with van der Waals surface area (Å²) in [4.78, 5) is 49.2. The number of carbonyl (C=O) groups excluding carboxylic acids is 4. The molecule has 2 atom stereocenters. The van der Waals surface area contributed by atoms with Crippen LogP contribution in [0.2, 0.25) is 0 Å². The highest BCUT2D eigenvalue weighted by Gasteiger charge is 2.36. The van der Waals surface area contributed by atoms with Crippen LogP contribution in [0.25, 0.3) is 0 Å². The summed E-state index contributed by atoms with van der Waals surface area (Å²) in [5.74, 6) is -1.93. The first kappa shape index (κ1) is 24.7. The fraction of sp³-hybridized carbons (Fsp3) is 0.714. The third kappa shape index (κ3) is 8.66. The molecule has 1 aliphatic rings. The molecule has 1 heterocycles. The van der Waals surface area contributed by atoms with Crippen molar-refractivity contribution in [3.63, 3.8) is 0 Å². The number of carbonyl (C=O) groups is 4. The first-order valence-corrected chi connectivity index (χ1v) is 10.0. The molecule has 1 rings (SSSR count). The third-order valence-corrected chi connectivity index (χ3v) is 4.55. The Bertz CT molecular complexity index is 639. The summed E-state index contributed by atoms with van der Waals surface area (Å²) >= 11 is 0. The van der Waals surface area contributed by atoms with E-state index >= 15 is 0 Å². The molecule has 0 aliphatic carbocycles. The zero-order valence-corrected chi connectivity index (χ0v) is 18.2. The molecule has 164 valence electrons. The largest absolute Gasteiger partial charge is 0.459 e. The maximum Gasteiger partial charge on any atom is 0.347 e. The Morgan fingerprint density at radius 2 is 1.72 bits per heavy atom. The zero-order valence-electron chi connectivity index (χ0n) is 18.2. The molecule has 1 aliphatic heterocycles. The molecule has 0 aromatic rings. The summed E-state index contributed by atoms with van der Waals surface area (Å²) < 4.78 is 11.1. The normalized spacial score (nSPS) is 25.8. The van der Waals surface area contributed by atoms with E-state index in [9.17, 15) is 19.2 Å². The van der Waals surface area contributed by atoms with Crippen LogP contribution in [0.1, 0.15) is 54.4 Å². The van der Waals surface area contributed by atoms with Crippen LogP contribution < -0.4 is 10.6 Å². The first-order chi connectivity index (χ1) is 13.4. The fourth-order valence-corrected chi connectivity index (χ4v) is 2.58. The number of cyclic esters (lactones) is 2. The lowest BCUT2D eigenvalue weighted by Gasteiger charge is -2.28. The van der Waals surface area contributed by atoms with Gasteiger partial charge in [-0.15, -0.1) is 0 Å². The van der Waals surface area contributed by atoms with Gasteiger partial charge in [0.25, 0.3) is 0 Å². The van der Waals surface area contributed by atoms with E-state index in [-0.39, 0.29) is 24.9 Å². The van der Waals surface area contributed by atoms with Crippen LogP contribution in [0.4, 0.5) is 0 Å². The van der Waals surface area contributed by atoms with Crippen molar-refractivity contribution in [1.82, 2.24) is 10.6 Å². The number of ether oxygens (including phenoxy) is 2. The van der Waals surface area contributed by atoms with Crippen molar-refractivity contribution in [3.8, 4) is 0 Å². The van der Waals surface area contributed by atoms with Gasteiger partial charge in [-0.25, -0.2) is 4.79 Å². The molecule has 0 saturated heterocycles. The van der Waals surface area contributed by atoms with Crippen LogP contribution in [-0.2, 0) is 28.7 Å². The van der Waals surface area contributed by atoms with Crippen molar-refractivity contribution in [2.75, 3.05) is 13.1 Å². The SMILES string of the molecule is CC(C)CC1OC(=O)C(C)(C)CNC(=O)CNC(=O)/C=C/CC(C(C)C)OC1=O. The third-order valence-electron chi connectivity index (χ3n) is 4.55. The van der Waals surface area contributed by atoms with E-state index < -0.39 is 41.4 Å². The maximum absolute atomic E-state index is 12.8. The number of hydrogen-bond donors (Lipinski definition) is 2. The van der Waals surface area contributed by atoms with E-state index in [4.69, 9.17) is 9.47 Å². The molecular weight excluding hydrogens is 376 g/mol. The smallest absolute Gasteiger partial charge is 0.347 e. The first-order valence-electron chi connectivity index (χ1n) is 10.0. The van der Waals surface area contributed by atoms with Crippen LogP contribution in [0.3, 0.4) is 0 Å². The van der Waals surface area contributed by atoms with Crippen molar-refractivity contribution in [1.29, 1.82) is 0 Å². The highest BCUT2D eigenvalue weighted by Crippen LogP contribution is 2.22. The predicted octanol–water partition coefficient (Wildman–Crippen LogP) is 1.73. The summed E-state index contributed by atoms with van der Waals surface area (Å²) in [7, 11) is 0. The Kier molecular flexibility index (Phi) is 9.33. The molecule has 0 aromatic heterocycles. The highest BCUT2D eigenvalue weighted by atomic mass is 16.6.